The molecule has 2 amide bonds. The quantitative estimate of drug-likeness (QED) is 0.529. The fraction of sp³-hybridized carbons (Fsp3) is 0.333. The minimum Gasteiger partial charge on any atom is -0.456 e. The number of ether oxygens (including phenoxy) is 1. The number of nitrogens with zero attached hydrogens (tertiary/aromatic N) is 1. The molecule has 1 saturated heterocycles. The fourth-order valence-electron chi connectivity index (χ4n) is 2.95. The van der Waals surface area contributed by atoms with Gasteiger partial charge in [0.2, 0.25) is 11.7 Å². The van der Waals surface area contributed by atoms with Crippen molar-refractivity contribution in [2.75, 3.05) is 24.6 Å². The van der Waals surface area contributed by atoms with Crippen LogP contribution >= 0.6 is 11.3 Å². The Morgan fingerprint density at radius 2 is 1.90 bits per heavy atom. The number of amides is 2. The Kier molecular flexibility index (Phi) is 6.77. The molecular weight excluding hydrogens is 392 g/mol. The molecule has 1 N–H and O–H groups in total. The molecule has 1 aromatic heterocycles. The van der Waals surface area contributed by atoms with E-state index in [1.54, 1.807) is 35.2 Å². The minimum absolute atomic E-state index is 0.0768. The molecule has 1 fully saturated rings. The van der Waals surface area contributed by atoms with Crippen molar-refractivity contribution in [1.29, 1.82) is 0 Å². The maximum atomic E-state index is 12.2. The van der Waals surface area contributed by atoms with Crippen LogP contribution in [0.4, 0.5) is 5.69 Å². The maximum Gasteiger partial charge on any atom is 0.325 e. The zero-order valence-corrected chi connectivity index (χ0v) is 16.9. The molecule has 2 heterocycles. The summed E-state index contributed by atoms with van der Waals surface area (Å²) in [6, 6.07) is 10.2. The van der Waals surface area contributed by atoms with Crippen molar-refractivity contribution in [2.45, 2.75) is 26.2 Å². The molecule has 1 aromatic carbocycles. The molecule has 8 heteroatoms. The number of hydrogen-bond acceptors (Lipinski definition) is 6. The van der Waals surface area contributed by atoms with E-state index in [1.165, 1.54) is 11.3 Å². The number of nitrogens with one attached hydrogen (secondary N) is 1. The first-order valence-corrected chi connectivity index (χ1v) is 10.3. The molecule has 0 saturated carbocycles. The Hall–Kier alpha value is -3.00. The van der Waals surface area contributed by atoms with Gasteiger partial charge < -0.3 is 15.0 Å². The molecule has 3 rings (SSSR count). The molecule has 0 atom stereocenters. The lowest BCUT2D eigenvalue weighted by Gasteiger charge is -2.15. The SMILES string of the molecule is CCc1ccc(C(=O)COC(=O)CNC(=O)c2ccc(N3CCCC3=O)cc2)s1. The summed E-state index contributed by atoms with van der Waals surface area (Å²) in [5.41, 5.74) is 1.12. The molecule has 152 valence electrons. The third-order valence-corrected chi connectivity index (χ3v) is 5.83. The van der Waals surface area contributed by atoms with Gasteiger partial charge in [0, 0.05) is 29.1 Å². The summed E-state index contributed by atoms with van der Waals surface area (Å²) in [6.07, 6.45) is 2.22. The first-order valence-electron chi connectivity index (χ1n) is 9.44. The highest BCUT2D eigenvalue weighted by molar-refractivity contribution is 7.14. The average molecular weight is 414 g/mol. The summed E-state index contributed by atoms with van der Waals surface area (Å²) < 4.78 is 4.95. The molecule has 7 nitrogen and oxygen atoms in total. The zero-order chi connectivity index (χ0) is 20.8. The van der Waals surface area contributed by atoms with Crippen LogP contribution in [0.25, 0.3) is 0 Å². The second-order valence-electron chi connectivity index (χ2n) is 6.58. The molecule has 0 aliphatic carbocycles. The molecule has 0 radical (unpaired) electrons. The first kappa shape index (κ1) is 20.7. The Morgan fingerprint density at radius 1 is 1.14 bits per heavy atom. The summed E-state index contributed by atoms with van der Waals surface area (Å²) in [4.78, 5) is 51.1. The van der Waals surface area contributed by atoms with E-state index in [9.17, 15) is 19.2 Å². The van der Waals surface area contributed by atoms with Crippen LogP contribution in [-0.2, 0) is 20.7 Å². The number of anilines is 1. The normalized spacial score (nSPS) is 13.4. The molecule has 0 spiro atoms. The summed E-state index contributed by atoms with van der Waals surface area (Å²) >= 11 is 1.38. The van der Waals surface area contributed by atoms with Crippen LogP contribution in [0.3, 0.4) is 0 Å². The summed E-state index contributed by atoms with van der Waals surface area (Å²) in [6.45, 7) is 2.00. The van der Waals surface area contributed by atoms with Gasteiger partial charge in [0.1, 0.15) is 6.54 Å². The van der Waals surface area contributed by atoms with Gasteiger partial charge in [0.15, 0.2) is 6.61 Å². The predicted molar refractivity (Wildman–Crippen MR) is 109 cm³/mol. The predicted octanol–water partition coefficient (Wildman–Crippen LogP) is 2.59. The molecular formula is C21H22N2O5S. The van der Waals surface area contributed by atoms with Crippen molar-refractivity contribution in [3.63, 3.8) is 0 Å². The number of thiophene rings is 1. The van der Waals surface area contributed by atoms with Crippen molar-refractivity contribution in [2.24, 2.45) is 0 Å². The second kappa shape index (κ2) is 9.47. The lowest BCUT2D eigenvalue weighted by Crippen LogP contribution is -2.31. The Bertz CT molecular complexity index is 919. The Balaban J connectivity index is 1.44. The van der Waals surface area contributed by atoms with Crippen molar-refractivity contribution < 1.29 is 23.9 Å². The van der Waals surface area contributed by atoms with Gasteiger partial charge in [-0.2, -0.15) is 0 Å². The lowest BCUT2D eigenvalue weighted by molar-refractivity contribution is -0.141. The topological polar surface area (TPSA) is 92.8 Å². The highest BCUT2D eigenvalue weighted by Crippen LogP contribution is 2.21. The number of hydrogen-bond donors (Lipinski definition) is 1. The second-order valence-corrected chi connectivity index (χ2v) is 7.75. The van der Waals surface area contributed by atoms with Gasteiger partial charge in [-0.1, -0.05) is 6.92 Å². The van der Waals surface area contributed by atoms with Gasteiger partial charge in [-0.3, -0.25) is 19.2 Å². The summed E-state index contributed by atoms with van der Waals surface area (Å²) in [5.74, 6) is -1.30. The van der Waals surface area contributed by atoms with Crippen LogP contribution in [-0.4, -0.2) is 43.3 Å². The standard InChI is InChI=1S/C21H22N2O5S/c1-2-16-9-10-18(29-16)17(24)13-28-20(26)12-22-21(27)14-5-7-15(8-6-14)23-11-3-4-19(23)25/h5-10H,2-4,11-13H2,1H3,(H,22,27). The van der Waals surface area contributed by atoms with Gasteiger partial charge in [-0.15, -0.1) is 11.3 Å². The van der Waals surface area contributed by atoms with E-state index in [0.717, 1.165) is 23.4 Å². The molecule has 1 aliphatic heterocycles. The van der Waals surface area contributed by atoms with Crippen molar-refractivity contribution in [3.05, 3.63) is 51.7 Å². The van der Waals surface area contributed by atoms with Crippen LogP contribution < -0.4 is 10.2 Å². The van der Waals surface area contributed by atoms with E-state index >= 15 is 0 Å². The Labute approximate surface area is 172 Å². The highest BCUT2D eigenvalue weighted by Gasteiger charge is 2.21. The minimum atomic E-state index is -0.682. The molecule has 2 aromatic rings. The van der Waals surface area contributed by atoms with E-state index in [-0.39, 0.29) is 24.8 Å². The fourth-order valence-corrected chi connectivity index (χ4v) is 3.83. The van der Waals surface area contributed by atoms with E-state index < -0.39 is 11.9 Å². The smallest absolute Gasteiger partial charge is 0.325 e. The number of carbonyl (C=O) groups excluding carboxylic acids is 4. The first-order chi connectivity index (χ1) is 14.0. The number of rotatable bonds is 8. The number of esters is 1. The van der Waals surface area contributed by atoms with Gasteiger partial charge in [-0.05, 0) is 49.2 Å². The number of ketones is 1. The van der Waals surface area contributed by atoms with E-state index in [0.29, 0.717) is 23.4 Å². The molecule has 29 heavy (non-hydrogen) atoms. The van der Waals surface area contributed by atoms with E-state index in [1.807, 2.05) is 13.0 Å². The Morgan fingerprint density at radius 3 is 2.52 bits per heavy atom. The van der Waals surface area contributed by atoms with Crippen molar-refractivity contribution >= 4 is 40.6 Å². The number of aryl methyl sites for hydroxylation is 1. The van der Waals surface area contributed by atoms with Gasteiger partial charge >= 0.3 is 5.97 Å². The highest BCUT2D eigenvalue weighted by atomic mass is 32.1. The van der Waals surface area contributed by atoms with Crippen molar-refractivity contribution in [1.82, 2.24) is 5.32 Å². The maximum absolute atomic E-state index is 12.2. The van der Waals surface area contributed by atoms with Crippen LogP contribution in [0.15, 0.2) is 36.4 Å². The monoisotopic (exact) mass is 414 g/mol. The molecule has 0 unspecified atom stereocenters. The molecule has 1 aliphatic rings. The van der Waals surface area contributed by atoms with Gasteiger partial charge in [0.05, 0.1) is 4.88 Å². The third-order valence-electron chi connectivity index (χ3n) is 4.56. The van der Waals surface area contributed by atoms with E-state index in [2.05, 4.69) is 5.32 Å². The number of Topliss-reactive ketones (excluding diaryl/α,β-unsaturated/α-hetero) is 1. The summed E-state index contributed by atoms with van der Waals surface area (Å²) in [5, 5.41) is 2.47. The van der Waals surface area contributed by atoms with E-state index in [4.69, 9.17) is 4.74 Å². The number of carbonyl (C=O) groups is 4. The van der Waals surface area contributed by atoms with Crippen LogP contribution in [0.5, 0.6) is 0 Å². The summed E-state index contributed by atoms with van der Waals surface area (Å²) in [7, 11) is 0. The van der Waals surface area contributed by atoms with Gasteiger partial charge in [-0.25, -0.2) is 0 Å². The van der Waals surface area contributed by atoms with Crippen LogP contribution in [0.1, 0.15) is 44.7 Å². The number of benzene rings is 1. The lowest BCUT2D eigenvalue weighted by atomic mass is 10.2. The van der Waals surface area contributed by atoms with Crippen LogP contribution in [0.2, 0.25) is 0 Å². The largest absolute Gasteiger partial charge is 0.456 e. The zero-order valence-electron chi connectivity index (χ0n) is 16.1. The van der Waals surface area contributed by atoms with Crippen molar-refractivity contribution in [3.8, 4) is 0 Å². The van der Waals surface area contributed by atoms with Gasteiger partial charge in [0.25, 0.3) is 5.91 Å². The molecule has 0 bridgehead atoms. The van der Waals surface area contributed by atoms with Crippen LogP contribution in [0, 0.1) is 0 Å². The average Bonchev–Trinajstić information content (AvgIpc) is 3.39. The third kappa shape index (κ3) is 5.29.